The third kappa shape index (κ3) is 3.74. The summed E-state index contributed by atoms with van der Waals surface area (Å²) in [6, 6.07) is 10.2. The van der Waals surface area contributed by atoms with Gasteiger partial charge in [0, 0.05) is 5.56 Å². The molecule has 1 aliphatic rings. The van der Waals surface area contributed by atoms with Crippen LogP contribution in [0.5, 0.6) is 23.0 Å². The molecule has 2 aromatic carbocycles. The molecule has 2 aromatic rings. The summed E-state index contributed by atoms with van der Waals surface area (Å²) in [6.07, 6.45) is -0.828. The van der Waals surface area contributed by atoms with Crippen LogP contribution in [-0.4, -0.2) is 45.8 Å². The Morgan fingerprint density at radius 2 is 1.78 bits per heavy atom. The average Bonchev–Trinajstić information content (AvgIpc) is 2.70. The number of para-hydroxylation sites is 2. The first kappa shape index (κ1) is 18.4. The molecule has 0 radical (unpaired) electrons. The molecule has 1 atom stereocenters. The molecule has 0 bridgehead atoms. The van der Waals surface area contributed by atoms with Crippen LogP contribution in [0, 0.1) is 0 Å². The molecule has 8 heteroatoms. The van der Waals surface area contributed by atoms with E-state index in [4.69, 9.17) is 18.9 Å². The summed E-state index contributed by atoms with van der Waals surface area (Å²) in [5.41, 5.74) is 0.913. The maximum Gasteiger partial charge on any atom is 0.267 e. The molecule has 1 unspecified atom stereocenters. The lowest BCUT2D eigenvalue weighted by molar-refractivity contribution is -0.123. The van der Waals surface area contributed by atoms with Crippen LogP contribution in [0.2, 0.25) is 0 Å². The molecular formula is C19H20N2O6. The van der Waals surface area contributed by atoms with E-state index in [9.17, 15) is 9.59 Å². The minimum atomic E-state index is -0.828. The molecule has 8 nitrogen and oxygen atoms in total. The third-order valence-electron chi connectivity index (χ3n) is 4.08. The van der Waals surface area contributed by atoms with Gasteiger partial charge in [0.05, 0.1) is 33.6 Å². The first-order chi connectivity index (χ1) is 13.1. The molecule has 2 amide bonds. The Balaban J connectivity index is 1.72. The number of methoxy groups -OCH3 is 3. The second-order valence-electron chi connectivity index (χ2n) is 5.72. The van der Waals surface area contributed by atoms with Gasteiger partial charge in [0.25, 0.3) is 11.8 Å². The molecule has 0 aromatic heterocycles. The highest BCUT2D eigenvalue weighted by Crippen LogP contribution is 2.38. The monoisotopic (exact) mass is 372 g/mol. The SMILES string of the molecule is COc1cc(C(=O)NCC2Oc3ccccc3NC2=O)cc(OC)c1OC. The smallest absolute Gasteiger partial charge is 0.267 e. The first-order valence-corrected chi connectivity index (χ1v) is 8.22. The van der Waals surface area contributed by atoms with Gasteiger partial charge in [0.2, 0.25) is 5.75 Å². The van der Waals surface area contributed by atoms with Crippen molar-refractivity contribution in [1.82, 2.24) is 5.32 Å². The van der Waals surface area contributed by atoms with E-state index in [0.717, 1.165) is 0 Å². The summed E-state index contributed by atoms with van der Waals surface area (Å²) in [7, 11) is 4.42. The predicted molar refractivity (Wildman–Crippen MR) is 97.9 cm³/mol. The topological polar surface area (TPSA) is 95.1 Å². The van der Waals surface area contributed by atoms with Gasteiger partial charge in [0.15, 0.2) is 17.6 Å². The molecule has 0 fully saturated rings. The second kappa shape index (κ2) is 7.86. The Kier molecular flexibility index (Phi) is 5.35. The normalized spacial score (nSPS) is 15.1. The summed E-state index contributed by atoms with van der Waals surface area (Å²) in [5.74, 6) is 0.959. The summed E-state index contributed by atoms with van der Waals surface area (Å²) in [6.45, 7) is 0.00958. The quantitative estimate of drug-likeness (QED) is 0.804. The lowest BCUT2D eigenvalue weighted by Crippen LogP contribution is -2.45. The van der Waals surface area contributed by atoms with Gasteiger partial charge < -0.3 is 29.6 Å². The highest BCUT2D eigenvalue weighted by molar-refractivity contribution is 5.99. The molecule has 0 spiro atoms. The van der Waals surface area contributed by atoms with E-state index < -0.39 is 12.0 Å². The number of nitrogens with one attached hydrogen (secondary N) is 2. The van der Waals surface area contributed by atoms with E-state index in [0.29, 0.717) is 34.2 Å². The van der Waals surface area contributed by atoms with Crippen molar-refractivity contribution in [3.8, 4) is 23.0 Å². The lowest BCUT2D eigenvalue weighted by Gasteiger charge is -2.25. The van der Waals surface area contributed by atoms with Crippen LogP contribution < -0.4 is 29.6 Å². The number of benzene rings is 2. The summed E-state index contributed by atoms with van der Waals surface area (Å²) >= 11 is 0. The zero-order chi connectivity index (χ0) is 19.4. The zero-order valence-corrected chi connectivity index (χ0v) is 15.2. The number of hydrogen-bond acceptors (Lipinski definition) is 6. The van der Waals surface area contributed by atoms with Crippen molar-refractivity contribution < 1.29 is 28.5 Å². The Hall–Kier alpha value is -3.42. The number of anilines is 1. The van der Waals surface area contributed by atoms with Gasteiger partial charge in [-0.25, -0.2) is 0 Å². The average molecular weight is 372 g/mol. The number of carbonyl (C=O) groups is 2. The van der Waals surface area contributed by atoms with E-state index in [1.165, 1.54) is 33.5 Å². The van der Waals surface area contributed by atoms with Crippen LogP contribution in [0.15, 0.2) is 36.4 Å². The highest BCUT2D eigenvalue weighted by Gasteiger charge is 2.28. The fourth-order valence-electron chi connectivity index (χ4n) is 2.73. The zero-order valence-electron chi connectivity index (χ0n) is 15.2. The van der Waals surface area contributed by atoms with Gasteiger partial charge in [-0.15, -0.1) is 0 Å². The van der Waals surface area contributed by atoms with Gasteiger partial charge in [-0.2, -0.15) is 0 Å². The number of hydrogen-bond donors (Lipinski definition) is 2. The van der Waals surface area contributed by atoms with Gasteiger partial charge >= 0.3 is 0 Å². The van der Waals surface area contributed by atoms with Crippen molar-refractivity contribution in [2.75, 3.05) is 33.2 Å². The highest BCUT2D eigenvalue weighted by atomic mass is 16.5. The number of fused-ring (bicyclic) bond motifs is 1. The Labute approximate surface area is 156 Å². The van der Waals surface area contributed by atoms with Crippen LogP contribution >= 0.6 is 0 Å². The van der Waals surface area contributed by atoms with Crippen LogP contribution in [0.3, 0.4) is 0 Å². The first-order valence-electron chi connectivity index (χ1n) is 8.22. The fourth-order valence-corrected chi connectivity index (χ4v) is 2.73. The molecule has 0 saturated heterocycles. The van der Waals surface area contributed by atoms with Crippen molar-refractivity contribution >= 4 is 17.5 Å². The van der Waals surface area contributed by atoms with Crippen LogP contribution in [0.4, 0.5) is 5.69 Å². The predicted octanol–water partition coefficient (Wildman–Crippen LogP) is 1.84. The minimum absolute atomic E-state index is 0.00958. The van der Waals surface area contributed by atoms with Crippen LogP contribution in [0.1, 0.15) is 10.4 Å². The molecule has 1 heterocycles. The lowest BCUT2D eigenvalue weighted by atomic mass is 10.1. The fraction of sp³-hybridized carbons (Fsp3) is 0.263. The number of ether oxygens (including phenoxy) is 4. The van der Waals surface area contributed by atoms with Gasteiger partial charge in [-0.1, -0.05) is 12.1 Å². The van der Waals surface area contributed by atoms with Crippen molar-refractivity contribution in [3.63, 3.8) is 0 Å². The summed E-state index contributed by atoms with van der Waals surface area (Å²) < 4.78 is 21.4. The molecule has 2 N–H and O–H groups in total. The van der Waals surface area contributed by atoms with Gasteiger partial charge in [-0.3, -0.25) is 9.59 Å². The largest absolute Gasteiger partial charge is 0.493 e. The van der Waals surface area contributed by atoms with Gasteiger partial charge in [0.1, 0.15) is 5.75 Å². The van der Waals surface area contributed by atoms with E-state index in [2.05, 4.69) is 10.6 Å². The van der Waals surface area contributed by atoms with E-state index in [1.54, 1.807) is 18.2 Å². The second-order valence-corrected chi connectivity index (χ2v) is 5.72. The summed E-state index contributed by atoms with van der Waals surface area (Å²) in [4.78, 5) is 24.7. The Morgan fingerprint density at radius 3 is 2.41 bits per heavy atom. The van der Waals surface area contributed by atoms with E-state index >= 15 is 0 Å². The molecular weight excluding hydrogens is 352 g/mol. The van der Waals surface area contributed by atoms with Gasteiger partial charge in [-0.05, 0) is 24.3 Å². The number of amides is 2. The van der Waals surface area contributed by atoms with Crippen LogP contribution in [-0.2, 0) is 4.79 Å². The maximum absolute atomic E-state index is 12.5. The molecule has 1 aliphatic heterocycles. The van der Waals surface area contributed by atoms with Crippen molar-refractivity contribution in [3.05, 3.63) is 42.0 Å². The molecule has 0 saturated carbocycles. The minimum Gasteiger partial charge on any atom is -0.493 e. The Bertz CT molecular complexity index is 842. The third-order valence-corrected chi connectivity index (χ3v) is 4.08. The van der Waals surface area contributed by atoms with E-state index in [1.807, 2.05) is 6.07 Å². The maximum atomic E-state index is 12.5. The molecule has 27 heavy (non-hydrogen) atoms. The van der Waals surface area contributed by atoms with Crippen molar-refractivity contribution in [2.24, 2.45) is 0 Å². The Morgan fingerprint density at radius 1 is 1.11 bits per heavy atom. The van der Waals surface area contributed by atoms with Crippen molar-refractivity contribution in [2.45, 2.75) is 6.10 Å². The number of carbonyl (C=O) groups excluding carboxylic acids is 2. The number of rotatable bonds is 6. The van der Waals surface area contributed by atoms with Crippen LogP contribution in [0.25, 0.3) is 0 Å². The molecule has 142 valence electrons. The van der Waals surface area contributed by atoms with Crippen molar-refractivity contribution in [1.29, 1.82) is 0 Å². The van der Waals surface area contributed by atoms with E-state index in [-0.39, 0.29) is 12.5 Å². The summed E-state index contributed by atoms with van der Waals surface area (Å²) in [5, 5.41) is 5.45. The molecule has 3 rings (SSSR count). The molecule has 0 aliphatic carbocycles. The standard InChI is InChI=1S/C19H20N2O6/c1-24-14-8-11(9-15(25-2)17(14)26-3)18(22)20-10-16-19(23)21-12-6-4-5-7-13(12)27-16/h4-9,16H,10H2,1-3H3,(H,20,22)(H,21,23).